The number of Topliss-reactive ketones (excluding diaryl/α,β-unsaturated/α-hetero) is 1. The molecule has 2 rings (SSSR count). The summed E-state index contributed by atoms with van der Waals surface area (Å²) in [5.41, 5.74) is 0.540. The first-order chi connectivity index (χ1) is 8.68. The van der Waals surface area contributed by atoms with Crippen LogP contribution >= 0.6 is 15.9 Å². The highest BCUT2D eigenvalue weighted by Gasteiger charge is 2.41. The largest absolute Gasteiger partial charge is 0.367 e. The zero-order chi connectivity index (χ0) is 13.0. The zero-order valence-electron chi connectivity index (χ0n) is 10.7. The minimum atomic E-state index is -0.510. The molecule has 1 saturated carbocycles. The predicted molar refractivity (Wildman–Crippen MR) is 75.7 cm³/mol. The molecule has 0 aromatic heterocycles. The van der Waals surface area contributed by atoms with Gasteiger partial charge in [-0.2, -0.15) is 0 Å². The summed E-state index contributed by atoms with van der Waals surface area (Å²) >= 11 is 3.50. The van der Waals surface area contributed by atoms with Crippen molar-refractivity contribution in [2.24, 2.45) is 0 Å². The van der Waals surface area contributed by atoms with Gasteiger partial charge in [-0.1, -0.05) is 34.1 Å². The number of benzene rings is 1. The molecule has 1 fully saturated rings. The smallest absolute Gasteiger partial charge is 0.169 e. The highest BCUT2D eigenvalue weighted by atomic mass is 79.9. The first kappa shape index (κ1) is 13.8. The van der Waals surface area contributed by atoms with Gasteiger partial charge in [-0.3, -0.25) is 4.79 Å². The molecular weight excluding hydrogens is 292 g/mol. The molecule has 0 amide bonds. The summed E-state index contributed by atoms with van der Waals surface area (Å²) in [5, 5.41) is 0. The van der Waals surface area contributed by atoms with Crippen LogP contribution in [0.3, 0.4) is 0 Å². The van der Waals surface area contributed by atoms with E-state index in [0.717, 1.165) is 35.7 Å². The number of hydrogen-bond donors (Lipinski definition) is 0. The van der Waals surface area contributed by atoms with Crippen LogP contribution in [0.4, 0.5) is 0 Å². The summed E-state index contributed by atoms with van der Waals surface area (Å²) in [6.07, 6.45) is 4.42. The molecule has 0 unspecified atom stereocenters. The predicted octanol–water partition coefficient (Wildman–Crippen LogP) is 3.91. The molecule has 0 bridgehead atoms. The van der Waals surface area contributed by atoms with Crippen molar-refractivity contribution in [3.8, 4) is 0 Å². The molecule has 0 aliphatic heterocycles. The monoisotopic (exact) mass is 310 g/mol. The lowest BCUT2D eigenvalue weighted by molar-refractivity contribution is -0.142. The van der Waals surface area contributed by atoms with Crippen molar-refractivity contribution >= 4 is 21.7 Å². The summed E-state index contributed by atoms with van der Waals surface area (Å²) < 4.78 is 6.80. The van der Waals surface area contributed by atoms with Gasteiger partial charge in [0.1, 0.15) is 5.60 Å². The van der Waals surface area contributed by atoms with Crippen molar-refractivity contribution in [3.05, 3.63) is 34.3 Å². The van der Waals surface area contributed by atoms with Gasteiger partial charge < -0.3 is 4.74 Å². The van der Waals surface area contributed by atoms with Crippen LogP contribution in [0.25, 0.3) is 0 Å². The lowest BCUT2D eigenvalue weighted by Gasteiger charge is -2.27. The van der Waals surface area contributed by atoms with Crippen molar-refractivity contribution in [2.75, 3.05) is 6.61 Å². The molecule has 0 heterocycles. The summed E-state index contributed by atoms with van der Waals surface area (Å²) in [7, 11) is 0. The molecule has 1 aromatic carbocycles. The number of ketones is 1. The van der Waals surface area contributed by atoms with E-state index >= 15 is 0 Å². The Kier molecular flexibility index (Phi) is 4.57. The van der Waals surface area contributed by atoms with E-state index < -0.39 is 5.60 Å². The molecule has 0 radical (unpaired) electrons. The molecule has 2 nitrogen and oxygen atoms in total. The molecule has 1 aliphatic rings. The standard InChI is InChI=1S/C15H19BrO2/c1-2-18-15(9-5-6-10-15)14(17)11-12-7-3-4-8-13(12)16/h3-4,7-8H,2,5-6,9-11H2,1H3. The fourth-order valence-corrected chi connectivity index (χ4v) is 3.13. The fraction of sp³-hybridized carbons (Fsp3) is 0.533. The van der Waals surface area contributed by atoms with Gasteiger partial charge in [0, 0.05) is 17.5 Å². The normalized spacial score (nSPS) is 17.9. The minimum Gasteiger partial charge on any atom is -0.367 e. The van der Waals surface area contributed by atoms with E-state index in [2.05, 4.69) is 15.9 Å². The maximum Gasteiger partial charge on any atom is 0.169 e. The molecule has 0 spiro atoms. The third-order valence-electron chi connectivity index (χ3n) is 3.65. The van der Waals surface area contributed by atoms with Crippen LogP contribution < -0.4 is 0 Å². The van der Waals surface area contributed by atoms with Crippen LogP contribution in [0.15, 0.2) is 28.7 Å². The van der Waals surface area contributed by atoms with Crippen LogP contribution in [0.2, 0.25) is 0 Å². The summed E-state index contributed by atoms with van der Waals surface area (Å²) in [5.74, 6) is 0.230. The topological polar surface area (TPSA) is 26.3 Å². The lowest BCUT2D eigenvalue weighted by atomic mass is 9.91. The highest BCUT2D eigenvalue weighted by molar-refractivity contribution is 9.10. The van der Waals surface area contributed by atoms with Gasteiger partial charge in [0.05, 0.1) is 0 Å². The van der Waals surface area contributed by atoms with Gasteiger partial charge in [-0.05, 0) is 44.2 Å². The molecule has 0 N–H and O–H groups in total. The molecule has 98 valence electrons. The van der Waals surface area contributed by atoms with E-state index in [9.17, 15) is 4.79 Å². The molecular formula is C15H19BrO2. The lowest BCUT2D eigenvalue weighted by Crippen LogP contribution is -2.40. The van der Waals surface area contributed by atoms with Crippen LogP contribution in [-0.2, 0) is 16.0 Å². The Bertz CT molecular complexity index is 422. The van der Waals surface area contributed by atoms with Gasteiger partial charge >= 0.3 is 0 Å². The number of carbonyl (C=O) groups excluding carboxylic acids is 1. The average Bonchev–Trinajstić information content (AvgIpc) is 2.82. The molecule has 1 aliphatic carbocycles. The minimum absolute atomic E-state index is 0.230. The summed E-state index contributed by atoms with van der Waals surface area (Å²) in [6, 6.07) is 7.91. The Morgan fingerprint density at radius 2 is 2.00 bits per heavy atom. The Hall–Kier alpha value is -0.670. The van der Waals surface area contributed by atoms with Crippen LogP contribution in [-0.4, -0.2) is 18.0 Å². The summed E-state index contributed by atoms with van der Waals surface area (Å²) in [4.78, 5) is 12.5. The number of ether oxygens (including phenoxy) is 1. The molecule has 0 atom stereocenters. The summed E-state index contributed by atoms with van der Waals surface area (Å²) in [6.45, 7) is 2.58. The van der Waals surface area contributed by atoms with Crippen molar-refractivity contribution in [1.82, 2.24) is 0 Å². The van der Waals surface area contributed by atoms with Crippen LogP contribution in [0, 0.1) is 0 Å². The number of rotatable bonds is 5. The van der Waals surface area contributed by atoms with E-state index in [1.54, 1.807) is 0 Å². The first-order valence-electron chi connectivity index (χ1n) is 6.58. The second-order valence-corrected chi connectivity index (χ2v) is 5.68. The molecule has 3 heteroatoms. The Morgan fingerprint density at radius 3 is 2.61 bits per heavy atom. The zero-order valence-corrected chi connectivity index (χ0v) is 12.3. The van der Waals surface area contributed by atoms with Gasteiger partial charge in [0.2, 0.25) is 0 Å². The van der Waals surface area contributed by atoms with Crippen molar-refractivity contribution in [3.63, 3.8) is 0 Å². The molecule has 18 heavy (non-hydrogen) atoms. The van der Waals surface area contributed by atoms with Gasteiger partial charge in [-0.15, -0.1) is 0 Å². The third-order valence-corrected chi connectivity index (χ3v) is 4.42. The maximum absolute atomic E-state index is 12.5. The number of carbonyl (C=O) groups is 1. The second-order valence-electron chi connectivity index (χ2n) is 4.83. The van der Waals surface area contributed by atoms with E-state index in [1.165, 1.54) is 0 Å². The van der Waals surface area contributed by atoms with E-state index in [0.29, 0.717) is 13.0 Å². The molecule has 0 saturated heterocycles. The van der Waals surface area contributed by atoms with Gasteiger partial charge in [-0.25, -0.2) is 0 Å². The third kappa shape index (κ3) is 2.83. The highest BCUT2D eigenvalue weighted by Crippen LogP contribution is 2.35. The van der Waals surface area contributed by atoms with Gasteiger partial charge in [0.25, 0.3) is 0 Å². The first-order valence-corrected chi connectivity index (χ1v) is 7.38. The number of halogens is 1. The maximum atomic E-state index is 12.5. The van der Waals surface area contributed by atoms with E-state index in [1.807, 2.05) is 31.2 Å². The Morgan fingerprint density at radius 1 is 1.33 bits per heavy atom. The van der Waals surface area contributed by atoms with E-state index in [4.69, 9.17) is 4.74 Å². The fourth-order valence-electron chi connectivity index (χ4n) is 2.70. The van der Waals surface area contributed by atoms with Gasteiger partial charge in [0.15, 0.2) is 5.78 Å². The average molecular weight is 311 g/mol. The van der Waals surface area contributed by atoms with Crippen molar-refractivity contribution in [2.45, 2.75) is 44.6 Å². The van der Waals surface area contributed by atoms with Crippen LogP contribution in [0.1, 0.15) is 38.2 Å². The van der Waals surface area contributed by atoms with Crippen LogP contribution in [0.5, 0.6) is 0 Å². The SMILES string of the molecule is CCOC1(C(=O)Cc2ccccc2Br)CCCC1. The Balaban J connectivity index is 2.13. The number of hydrogen-bond acceptors (Lipinski definition) is 2. The quantitative estimate of drug-likeness (QED) is 0.824. The molecule has 1 aromatic rings. The second kappa shape index (κ2) is 5.98. The Labute approximate surface area is 117 Å². The van der Waals surface area contributed by atoms with Crippen molar-refractivity contribution < 1.29 is 9.53 Å². The van der Waals surface area contributed by atoms with E-state index in [-0.39, 0.29) is 5.78 Å². The van der Waals surface area contributed by atoms with Crippen molar-refractivity contribution in [1.29, 1.82) is 0 Å².